The SMILES string of the molecule is CC(C)NC(=O)c1nn(-c2ccc(Cl)cc2)c(=O)n(Cc2ccc(C(F)(F)F)cc2)c1=O. The molecule has 0 saturated carbocycles. The van der Waals surface area contributed by atoms with Crippen LogP contribution in [0.1, 0.15) is 35.5 Å². The number of amides is 1. The molecule has 0 radical (unpaired) electrons. The van der Waals surface area contributed by atoms with E-state index in [4.69, 9.17) is 11.6 Å². The van der Waals surface area contributed by atoms with Gasteiger partial charge in [-0.15, -0.1) is 0 Å². The highest BCUT2D eigenvalue weighted by Gasteiger charge is 2.30. The number of aromatic nitrogens is 3. The van der Waals surface area contributed by atoms with Crippen LogP contribution in [-0.2, 0) is 12.7 Å². The van der Waals surface area contributed by atoms with E-state index in [1.54, 1.807) is 13.8 Å². The van der Waals surface area contributed by atoms with Crippen LogP contribution in [0.4, 0.5) is 13.2 Å². The van der Waals surface area contributed by atoms with Crippen molar-refractivity contribution in [1.29, 1.82) is 0 Å². The Hall–Kier alpha value is -3.40. The van der Waals surface area contributed by atoms with E-state index in [2.05, 4.69) is 10.4 Å². The fourth-order valence-corrected chi connectivity index (χ4v) is 2.99. The quantitative estimate of drug-likeness (QED) is 0.625. The lowest BCUT2D eigenvalue weighted by molar-refractivity contribution is -0.137. The van der Waals surface area contributed by atoms with Gasteiger partial charge in [-0.1, -0.05) is 23.7 Å². The monoisotopic (exact) mass is 466 g/mol. The highest BCUT2D eigenvalue weighted by Crippen LogP contribution is 2.29. The Kier molecular flexibility index (Phi) is 6.54. The fourth-order valence-electron chi connectivity index (χ4n) is 2.86. The van der Waals surface area contributed by atoms with Crippen LogP contribution >= 0.6 is 11.6 Å². The van der Waals surface area contributed by atoms with Gasteiger partial charge < -0.3 is 5.32 Å². The van der Waals surface area contributed by atoms with Gasteiger partial charge in [-0.25, -0.2) is 4.79 Å². The van der Waals surface area contributed by atoms with Crippen LogP contribution in [0.2, 0.25) is 5.02 Å². The third kappa shape index (κ3) is 5.08. The maximum atomic E-state index is 13.0. The van der Waals surface area contributed by atoms with Gasteiger partial charge in [0.2, 0.25) is 5.69 Å². The molecule has 0 aliphatic rings. The number of halogens is 4. The van der Waals surface area contributed by atoms with E-state index in [-0.39, 0.29) is 23.8 Å². The zero-order valence-electron chi connectivity index (χ0n) is 17.0. The first-order valence-electron chi connectivity index (χ1n) is 9.44. The average molecular weight is 467 g/mol. The van der Waals surface area contributed by atoms with Crippen LogP contribution in [0.15, 0.2) is 58.1 Å². The molecule has 0 unspecified atom stereocenters. The summed E-state index contributed by atoms with van der Waals surface area (Å²) in [6.45, 7) is 3.02. The first-order chi connectivity index (χ1) is 15.0. The van der Waals surface area contributed by atoms with Gasteiger partial charge in [-0.2, -0.15) is 23.0 Å². The lowest BCUT2D eigenvalue weighted by Crippen LogP contribution is -2.46. The molecule has 0 aliphatic heterocycles. The molecule has 11 heteroatoms. The van der Waals surface area contributed by atoms with Crippen LogP contribution in [0, 0.1) is 0 Å². The predicted molar refractivity (Wildman–Crippen MR) is 112 cm³/mol. The van der Waals surface area contributed by atoms with E-state index in [1.807, 2.05) is 0 Å². The number of nitrogens with zero attached hydrogens (tertiary/aromatic N) is 3. The Morgan fingerprint density at radius 1 is 1.06 bits per heavy atom. The maximum Gasteiger partial charge on any atom is 0.416 e. The Balaban J connectivity index is 2.14. The van der Waals surface area contributed by atoms with E-state index in [0.29, 0.717) is 5.02 Å². The molecular weight excluding hydrogens is 449 g/mol. The van der Waals surface area contributed by atoms with Crippen molar-refractivity contribution in [2.75, 3.05) is 0 Å². The molecule has 0 bridgehead atoms. The minimum absolute atomic E-state index is 0.249. The third-order valence-corrected chi connectivity index (χ3v) is 4.64. The first-order valence-corrected chi connectivity index (χ1v) is 9.82. The summed E-state index contributed by atoms with van der Waals surface area (Å²) in [4.78, 5) is 38.5. The van der Waals surface area contributed by atoms with Gasteiger partial charge in [0, 0.05) is 11.1 Å². The molecule has 1 N–H and O–H groups in total. The van der Waals surface area contributed by atoms with Gasteiger partial charge in [0.25, 0.3) is 11.5 Å². The van der Waals surface area contributed by atoms with Gasteiger partial charge >= 0.3 is 11.9 Å². The number of rotatable bonds is 5. The molecule has 168 valence electrons. The molecule has 3 aromatic rings. The van der Waals surface area contributed by atoms with E-state index < -0.39 is 34.6 Å². The summed E-state index contributed by atoms with van der Waals surface area (Å²) >= 11 is 5.88. The topological polar surface area (TPSA) is 86.0 Å². The summed E-state index contributed by atoms with van der Waals surface area (Å²) in [5.41, 5.74) is -2.70. The minimum atomic E-state index is -4.52. The highest BCUT2D eigenvalue weighted by molar-refractivity contribution is 6.30. The smallest absolute Gasteiger partial charge is 0.348 e. The van der Waals surface area contributed by atoms with Crippen molar-refractivity contribution in [2.45, 2.75) is 32.6 Å². The van der Waals surface area contributed by atoms with E-state index in [9.17, 15) is 27.6 Å². The molecule has 0 fully saturated rings. The second-order valence-electron chi connectivity index (χ2n) is 7.23. The molecule has 2 aromatic carbocycles. The van der Waals surface area contributed by atoms with Crippen LogP contribution in [-0.4, -0.2) is 26.3 Å². The number of hydrogen-bond acceptors (Lipinski definition) is 4. The Labute approximate surface area is 185 Å². The molecule has 0 aliphatic carbocycles. The second kappa shape index (κ2) is 8.99. The molecule has 1 aromatic heterocycles. The minimum Gasteiger partial charge on any atom is -0.348 e. The molecule has 0 spiro atoms. The van der Waals surface area contributed by atoms with Gasteiger partial charge in [0.15, 0.2) is 0 Å². The van der Waals surface area contributed by atoms with Crippen molar-refractivity contribution in [3.05, 3.63) is 91.2 Å². The predicted octanol–water partition coefficient (Wildman–Crippen LogP) is 3.25. The van der Waals surface area contributed by atoms with Crippen LogP contribution in [0.25, 0.3) is 5.69 Å². The lowest BCUT2D eigenvalue weighted by Gasteiger charge is -2.14. The molecule has 7 nitrogen and oxygen atoms in total. The number of benzene rings is 2. The summed E-state index contributed by atoms with van der Waals surface area (Å²) in [5.74, 6) is -0.783. The highest BCUT2D eigenvalue weighted by atomic mass is 35.5. The molecule has 3 rings (SSSR count). The van der Waals surface area contributed by atoms with Gasteiger partial charge in [0.05, 0.1) is 17.8 Å². The third-order valence-electron chi connectivity index (χ3n) is 4.39. The van der Waals surface area contributed by atoms with Crippen molar-refractivity contribution < 1.29 is 18.0 Å². The van der Waals surface area contributed by atoms with Gasteiger partial charge in [-0.3, -0.25) is 14.2 Å². The number of carbonyl (C=O) groups excluding carboxylic acids is 1. The number of nitrogens with one attached hydrogen (secondary N) is 1. The summed E-state index contributed by atoms with van der Waals surface area (Å²) < 4.78 is 40.1. The van der Waals surface area contributed by atoms with Gasteiger partial charge in [-0.05, 0) is 55.8 Å². The Morgan fingerprint density at radius 3 is 2.19 bits per heavy atom. The normalized spacial score (nSPS) is 11.6. The standard InChI is InChI=1S/C21H18ClF3N4O3/c1-12(2)26-18(30)17-19(31)28(11-13-3-5-14(6-4-13)21(23,24)25)20(32)29(27-17)16-9-7-15(22)8-10-16/h3-10,12H,11H2,1-2H3,(H,26,30). The summed E-state index contributed by atoms with van der Waals surface area (Å²) in [5, 5.41) is 6.89. The first kappa shape index (κ1) is 23.3. The van der Waals surface area contributed by atoms with Crippen molar-refractivity contribution in [1.82, 2.24) is 19.7 Å². The molecule has 1 heterocycles. The largest absolute Gasteiger partial charge is 0.416 e. The zero-order valence-corrected chi connectivity index (χ0v) is 17.7. The average Bonchev–Trinajstić information content (AvgIpc) is 2.71. The van der Waals surface area contributed by atoms with Crippen LogP contribution in [0.3, 0.4) is 0 Å². The summed E-state index contributed by atoms with van der Waals surface area (Å²) in [6.07, 6.45) is -4.52. The van der Waals surface area contributed by atoms with Crippen molar-refractivity contribution >= 4 is 17.5 Å². The Morgan fingerprint density at radius 2 is 1.66 bits per heavy atom. The van der Waals surface area contributed by atoms with Crippen LogP contribution < -0.4 is 16.6 Å². The van der Waals surface area contributed by atoms with Crippen molar-refractivity contribution in [3.8, 4) is 5.69 Å². The number of carbonyl (C=O) groups is 1. The Bertz CT molecular complexity index is 1250. The molecular formula is C21H18ClF3N4O3. The molecule has 1 amide bonds. The van der Waals surface area contributed by atoms with Crippen LogP contribution in [0.5, 0.6) is 0 Å². The van der Waals surface area contributed by atoms with Gasteiger partial charge in [0.1, 0.15) is 0 Å². The fraction of sp³-hybridized carbons (Fsp3) is 0.238. The van der Waals surface area contributed by atoms with E-state index in [0.717, 1.165) is 33.5 Å². The summed E-state index contributed by atoms with van der Waals surface area (Å²) in [6, 6.07) is 9.70. The van der Waals surface area contributed by atoms with Crippen molar-refractivity contribution in [2.24, 2.45) is 0 Å². The van der Waals surface area contributed by atoms with E-state index >= 15 is 0 Å². The molecule has 0 saturated heterocycles. The lowest BCUT2D eigenvalue weighted by atomic mass is 10.1. The molecule has 0 atom stereocenters. The summed E-state index contributed by atoms with van der Waals surface area (Å²) in [7, 11) is 0. The molecule has 32 heavy (non-hydrogen) atoms. The number of alkyl halides is 3. The maximum absolute atomic E-state index is 13.0. The van der Waals surface area contributed by atoms with E-state index in [1.165, 1.54) is 24.3 Å². The number of hydrogen-bond donors (Lipinski definition) is 1. The zero-order chi connectivity index (χ0) is 23.6. The second-order valence-corrected chi connectivity index (χ2v) is 7.67. The van der Waals surface area contributed by atoms with Crippen molar-refractivity contribution in [3.63, 3.8) is 0 Å².